The van der Waals surface area contributed by atoms with Crippen LogP contribution in [0.3, 0.4) is 0 Å². The minimum Gasteiger partial charge on any atom is -0.334 e. The second kappa shape index (κ2) is 7.64. The van der Waals surface area contributed by atoms with Crippen molar-refractivity contribution in [3.05, 3.63) is 95.6 Å². The van der Waals surface area contributed by atoms with Crippen molar-refractivity contribution in [1.82, 2.24) is 19.4 Å². The van der Waals surface area contributed by atoms with Crippen molar-refractivity contribution < 1.29 is 4.79 Å². The average Bonchev–Trinajstić information content (AvgIpc) is 3.06. The van der Waals surface area contributed by atoms with Gasteiger partial charge in [-0.25, -0.2) is 4.98 Å². The zero-order valence-electron chi connectivity index (χ0n) is 16.0. The number of pyridine rings is 1. The maximum atomic E-state index is 12.7. The lowest BCUT2D eigenvalue weighted by Crippen LogP contribution is -2.27. The summed E-state index contributed by atoms with van der Waals surface area (Å²) in [4.78, 5) is 23.2. The highest BCUT2D eigenvalue weighted by Crippen LogP contribution is 2.20. The van der Waals surface area contributed by atoms with Gasteiger partial charge in [-0.1, -0.05) is 42.0 Å². The summed E-state index contributed by atoms with van der Waals surface area (Å²) in [5.41, 5.74) is 5.08. The van der Waals surface area contributed by atoms with Gasteiger partial charge in [-0.15, -0.1) is 0 Å². The molecule has 0 aliphatic carbocycles. The summed E-state index contributed by atoms with van der Waals surface area (Å²) in [6.45, 7) is 3.23. The molecule has 0 bridgehead atoms. The predicted octanol–water partition coefficient (Wildman–Crippen LogP) is 4.06. The minimum atomic E-state index is -0.0451. The molecular formula is C23H22N4O. The van der Waals surface area contributed by atoms with E-state index in [0.29, 0.717) is 18.7 Å². The molecule has 0 spiro atoms. The summed E-state index contributed by atoms with van der Waals surface area (Å²) >= 11 is 0. The summed E-state index contributed by atoms with van der Waals surface area (Å²) in [5, 5.41) is 0. The molecule has 0 unspecified atom stereocenters. The first-order valence-electron chi connectivity index (χ1n) is 9.27. The third-order valence-electron chi connectivity index (χ3n) is 4.85. The lowest BCUT2D eigenvalue weighted by Gasteiger charge is -2.18. The van der Waals surface area contributed by atoms with Crippen molar-refractivity contribution in [1.29, 1.82) is 0 Å². The third-order valence-corrected chi connectivity index (χ3v) is 4.85. The maximum absolute atomic E-state index is 12.7. The summed E-state index contributed by atoms with van der Waals surface area (Å²) in [6.07, 6.45) is 3.27. The van der Waals surface area contributed by atoms with Crippen LogP contribution >= 0.6 is 0 Å². The van der Waals surface area contributed by atoms with Gasteiger partial charge in [0.25, 0.3) is 5.91 Å². The second-order valence-electron chi connectivity index (χ2n) is 6.99. The average molecular weight is 370 g/mol. The molecule has 28 heavy (non-hydrogen) atoms. The normalized spacial score (nSPS) is 10.9. The SMILES string of the molecule is Cc1ccc(Cn2c(CN(C)C(=O)c3ccncc3)nc3ccccc32)cc1. The van der Waals surface area contributed by atoms with E-state index in [4.69, 9.17) is 4.98 Å². The first kappa shape index (κ1) is 17.9. The van der Waals surface area contributed by atoms with Crippen molar-refractivity contribution in [2.45, 2.75) is 20.0 Å². The monoisotopic (exact) mass is 370 g/mol. The van der Waals surface area contributed by atoms with Crippen molar-refractivity contribution in [3.63, 3.8) is 0 Å². The molecule has 1 amide bonds. The molecule has 4 rings (SSSR count). The van der Waals surface area contributed by atoms with Crippen LogP contribution in [-0.2, 0) is 13.1 Å². The largest absolute Gasteiger partial charge is 0.334 e. The molecule has 0 aliphatic heterocycles. The van der Waals surface area contributed by atoms with Crippen molar-refractivity contribution in [2.24, 2.45) is 0 Å². The molecule has 0 atom stereocenters. The molecule has 0 N–H and O–H groups in total. The van der Waals surface area contributed by atoms with E-state index in [1.807, 2.05) is 18.2 Å². The number of aromatic nitrogens is 3. The fraction of sp³-hybridized carbons (Fsp3) is 0.174. The van der Waals surface area contributed by atoms with E-state index < -0.39 is 0 Å². The van der Waals surface area contributed by atoms with Crippen LogP contribution in [0.25, 0.3) is 11.0 Å². The number of imidazole rings is 1. The van der Waals surface area contributed by atoms with Gasteiger partial charge >= 0.3 is 0 Å². The van der Waals surface area contributed by atoms with Crippen LogP contribution < -0.4 is 0 Å². The Hall–Kier alpha value is -3.47. The Morgan fingerprint density at radius 1 is 1.00 bits per heavy atom. The number of fused-ring (bicyclic) bond motifs is 1. The van der Waals surface area contributed by atoms with E-state index in [2.05, 4.69) is 46.8 Å². The van der Waals surface area contributed by atoms with Crippen LogP contribution in [0.2, 0.25) is 0 Å². The second-order valence-corrected chi connectivity index (χ2v) is 6.99. The van der Waals surface area contributed by atoms with Crippen LogP contribution in [0.5, 0.6) is 0 Å². The number of aryl methyl sites for hydroxylation is 1. The van der Waals surface area contributed by atoms with Gasteiger partial charge in [0.15, 0.2) is 0 Å². The predicted molar refractivity (Wildman–Crippen MR) is 110 cm³/mol. The molecule has 2 heterocycles. The summed E-state index contributed by atoms with van der Waals surface area (Å²) in [6, 6.07) is 20.1. The molecule has 0 radical (unpaired) electrons. The van der Waals surface area contributed by atoms with Crippen LogP contribution in [-0.4, -0.2) is 32.4 Å². The molecular weight excluding hydrogens is 348 g/mol. The quantitative estimate of drug-likeness (QED) is 0.532. The van der Waals surface area contributed by atoms with Gasteiger partial charge in [0.2, 0.25) is 0 Å². The first-order valence-corrected chi connectivity index (χ1v) is 9.27. The van der Waals surface area contributed by atoms with Gasteiger partial charge in [0.05, 0.1) is 17.6 Å². The zero-order valence-corrected chi connectivity index (χ0v) is 16.0. The maximum Gasteiger partial charge on any atom is 0.254 e. The van der Waals surface area contributed by atoms with Crippen LogP contribution in [0, 0.1) is 6.92 Å². The highest BCUT2D eigenvalue weighted by atomic mass is 16.2. The topological polar surface area (TPSA) is 51.0 Å². The summed E-state index contributed by atoms with van der Waals surface area (Å²) in [5.74, 6) is 0.822. The molecule has 5 nitrogen and oxygen atoms in total. The van der Waals surface area contributed by atoms with Crippen molar-refractivity contribution >= 4 is 16.9 Å². The van der Waals surface area contributed by atoms with Gasteiger partial charge in [-0.05, 0) is 36.8 Å². The highest BCUT2D eigenvalue weighted by Gasteiger charge is 2.17. The van der Waals surface area contributed by atoms with Gasteiger partial charge in [-0.3, -0.25) is 9.78 Å². The number of amides is 1. The number of carbonyl (C=O) groups excluding carboxylic acids is 1. The van der Waals surface area contributed by atoms with E-state index in [9.17, 15) is 4.79 Å². The van der Waals surface area contributed by atoms with Gasteiger partial charge in [0.1, 0.15) is 5.82 Å². The van der Waals surface area contributed by atoms with Crippen LogP contribution in [0.1, 0.15) is 27.3 Å². The number of benzene rings is 2. The minimum absolute atomic E-state index is 0.0451. The van der Waals surface area contributed by atoms with Crippen LogP contribution in [0.4, 0.5) is 0 Å². The zero-order chi connectivity index (χ0) is 19.5. The van der Waals surface area contributed by atoms with Crippen molar-refractivity contribution in [2.75, 3.05) is 7.05 Å². The Morgan fingerprint density at radius 2 is 1.71 bits per heavy atom. The standard InChI is InChI=1S/C23H22N4O/c1-17-7-9-18(10-8-17)15-27-21-6-4-3-5-20(21)25-22(27)16-26(2)23(28)19-11-13-24-14-12-19/h3-14H,15-16H2,1-2H3. The molecule has 2 aromatic carbocycles. The third kappa shape index (κ3) is 3.64. The van der Waals surface area contributed by atoms with E-state index in [-0.39, 0.29) is 5.91 Å². The summed E-state index contributed by atoms with van der Waals surface area (Å²) in [7, 11) is 1.80. The Balaban J connectivity index is 1.66. The highest BCUT2D eigenvalue weighted by molar-refractivity contribution is 5.93. The number of carbonyl (C=O) groups is 1. The van der Waals surface area contributed by atoms with E-state index in [1.54, 1.807) is 36.5 Å². The van der Waals surface area contributed by atoms with Gasteiger partial charge in [0, 0.05) is 31.5 Å². The molecule has 2 aromatic heterocycles. The molecule has 0 fully saturated rings. The lowest BCUT2D eigenvalue weighted by molar-refractivity contribution is 0.0780. The van der Waals surface area contributed by atoms with E-state index >= 15 is 0 Å². The Morgan fingerprint density at radius 3 is 2.46 bits per heavy atom. The lowest BCUT2D eigenvalue weighted by atomic mass is 10.1. The Kier molecular flexibility index (Phi) is 4.89. The molecule has 4 aromatic rings. The summed E-state index contributed by atoms with van der Waals surface area (Å²) < 4.78 is 2.19. The molecule has 5 heteroatoms. The van der Waals surface area contributed by atoms with Crippen molar-refractivity contribution in [3.8, 4) is 0 Å². The fourth-order valence-corrected chi connectivity index (χ4v) is 3.30. The molecule has 140 valence electrons. The first-order chi connectivity index (χ1) is 13.6. The van der Waals surface area contributed by atoms with Gasteiger partial charge < -0.3 is 9.47 Å². The van der Waals surface area contributed by atoms with E-state index in [0.717, 1.165) is 16.9 Å². The number of nitrogens with zero attached hydrogens (tertiary/aromatic N) is 4. The Labute approximate surface area is 164 Å². The van der Waals surface area contributed by atoms with E-state index in [1.165, 1.54) is 11.1 Å². The smallest absolute Gasteiger partial charge is 0.254 e. The number of rotatable bonds is 5. The number of para-hydroxylation sites is 2. The fourth-order valence-electron chi connectivity index (χ4n) is 3.30. The van der Waals surface area contributed by atoms with Gasteiger partial charge in [-0.2, -0.15) is 0 Å². The van der Waals surface area contributed by atoms with Crippen LogP contribution in [0.15, 0.2) is 73.1 Å². The Bertz CT molecular complexity index is 1100. The molecule has 0 saturated heterocycles. The number of hydrogen-bond donors (Lipinski definition) is 0. The molecule has 0 aliphatic rings. The molecule has 0 saturated carbocycles. The number of hydrogen-bond acceptors (Lipinski definition) is 3.